The number of aryl methyl sites for hydroxylation is 1. The van der Waals surface area contributed by atoms with Gasteiger partial charge in [0.1, 0.15) is 5.82 Å². The number of aliphatic hydroxyl groups excluding tert-OH is 1. The molecular weight excluding hydrogens is 296 g/mol. The van der Waals surface area contributed by atoms with E-state index in [1.54, 1.807) is 0 Å². The first-order valence-corrected chi connectivity index (χ1v) is 8.49. The summed E-state index contributed by atoms with van der Waals surface area (Å²) in [5, 5.41) is 13.7. The lowest BCUT2D eigenvalue weighted by Gasteiger charge is -2.29. The van der Waals surface area contributed by atoms with Crippen molar-refractivity contribution >= 4 is 16.7 Å². The summed E-state index contributed by atoms with van der Waals surface area (Å²) in [4.78, 5) is 6.70. The first-order chi connectivity index (χ1) is 10.7. The molecule has 0 unspecified atom stereocenters. The molecule has 0 amide bonds. The number of likely N-dealkylation sites (tertiary alicyclic amines) is 1. The molecule has 3 rings (SSSR count). The Morgan fingerprint density at radius 3 is 2.55 bits per heavy atom. The van der Waals surface area contributed by atoms with Crippen LogP contribution in [0.5, 0.6) is 0 Å². The van der Waals surface area contributed by atoms with Crippen LogP contribution >= 0.6 is 11.5 Å². The summed E-state index contributed by atoms with van der Waals surface area (Å²) in [7, 11) is 0. The van der Waals surface area contributed by atoms with Crippen molar-refractivity contribution in [1.29, 1.82) is 0 Å². The SMILES string of the molecule is Cc1nsc(NCc2ccc(CN3CCC(O)CC3)cc2)n1. The van der Waals surface area contributed by atoms with Crippen molar-refractivity contribution in [3.05, 3.63) is 41.2 Å². The van der Waals surface area contributed by atoms with E-state index < -0.39 is 0 Å². The number of hydrogen-bond acceptors (Lipinski definition) is 6. The van der Waals surface area contributed by atoms with Gasteiger partial charge in [-0.25, -0.2) is 4.98 Å². The van der Waals surface area contributed by atoms with Gasteiger partial charge in [-0.15, -0.1) is 0 Å². The zero-order chi connectivity index (χ0) is 15.4. The van der Waals surface area contributed by atoms with E-state index in [2.05, 4.69) is 43.8 Å². The number of nitrogens with zero attached hydrogens (tertiary/aromatic N) is 3. The van der Waals surface area contributed by atoms with Gasteiger partial charge in [-0.3, -0.25) is 4.90 Å². The van der Waals surface area contributed by atoms with Gasteiger partial charge in [0.25, 0.3) is 0 Å². The minimum absolute atomic E-state index is 0.103. The summed E-state index contributed by atoms with van der Waals surface area (Å²) in [5.41, 5.74) is 2.57. The maximum Gasteiger partial charge on any atom is 0.202 e. The van der Waals surface area contributed by atoms with Crippen molar-refractivity contribution < 1.29 is 5.11 Å². The highest BCUT2D eigenvalue weighted by Gasteiger charge is 2.16. The molecule has 1 aliphatic heterocycles. The van der Waals surface area contributed by atoms with E-state index in [1.165, 1.54) is 22.7 Å². The molecule has 0 spiro atoms. The molecule has 0 atom stereocenters. The highest BCUT2D eigenvalue weighted by molar-refractivity contribution is 7.09. The molecule has 1 aromatic heterocycles. The molecule has 0 radical (unpaired) electrons. The summed E-state index contributed by atoms with van der Waals surface area (Å²) in [5.74, 6) is 0.814. The minimum atomic E-state index is -0.103. The Hall–Kier alpha value is -1.50. The Kier molecular flexibility index (Phi) is 5.02. The third-order valence-electron chi connectivity index (χ3n) is 3.96. The molecule has 22 heavy (non-hydrogen) atoms. The largest absolute Gasteiger partial charge is 0.393 e. The summed E-state index contributed by atoms with van der Waals surface area (Å²) >= 11 is 1.40. The van der Waals surface area contributed by atoms with E-state index in [4.69, 9.17) is 0 Å². The molecule has 2 aromatic rings. The lowest BCUT2D eigenvalue weighted by atomic mass is 10.1. The number of piperidine rings is 1. The molecular formula is C16H22N4OS. The molecule has 2 heterocycles. The van der Waals surface area contributed by atoms with E-state index in [9.17, 15) is 5.11 Å². The third kappa shape index (κ3) is 4.25. The average molecular weight is 318 g/mol. The monoisotopic (exact) mass is 318 g/mol. The van der Waals surface area contributed by atoms with Gasteiger partial charge in [0.05, 0.1) is 6.10 Å². The Balaban J connectivity index is 1.49. The van der Waals surface area contributed by atoms with Crippen LogP contribution in [0.15, 0.2) is 24.3 Å². The highest BCUT2D eigenvalue weighted by Crippen LogP contribution is 2.15. The van der Waals surface area contributed by atoms with Crippen LogP contribution in [-0.2, 0) is 13.1 Å². The van der Waals surface area contributed by atoms with Crippen LogP contribution in [0.3, 0.4) is 0 Å². The van der Waals surface area contributed by atoms with Gasteiger partial charge in [0.2, 0.25) is 5.13 Å². The molecule has 0 saturated carbocycles. The van der Waals surface area contributed by atoms with Gasteiger partial charge in [-0.2, -0.15) is 4.37 Å². The minimum Gasteiger partial charge on any atom is -0.393 e. The Morgan fingerprint density at radius 2 is 1.91 bits per heavy atom. The molecule has 118 valence electrons. The van der Waals surface area contributed by atoms with E-state index in [-0.39, 0.29) is 6.10 Å². The maximum atomic E-state index is 9.54. The molecule has 2 N–H and O–H groups in total. The molecule has 1 aromatic carbocycles. The van der Waals surface area contributed by atoms with Crippen LogP contribution in [0, 0.1) is 6.92 Å². The van der Waals surface area contributed by atoms with Crippen molar-refractivity contribution in [2.45, 2.75) is 39.0 Å². The highest BCUT2D eigenvalue weighted by atomic mass is 32.1. The van der Waals surface area contributed by atoms with Crippen molar-refractivity contribution in [2.75, 3.05) is 18.4 Å². The summed E-state index contributed by atoms with van der Waals surface area (Å²) in [6.07, 6.45) is 1.68. The van der Waals surface area contributed by atoms with Crippen LogP contribution in [0.25, 0.3) is 0 Å². The lowest BCUT2D eigenvalue weighted by Crippen LogP contribution is -2.35. The van der Waals surface area contributed by atoms with Crippen molar-refractivity contribution in [1.82, 2.24) is 14.3 Å². The second kappa shape index (κ2) is 7.17. The Labute approximate surface area is 135 Å². The van der Waals surface area contributed by atoms with Gasteiger partial charge in [0.15, 0.2) is 0 Å². The van der Waals surface area contributed by atoms with Gasteiger partial charge < -0.3 is 10.4 Å². The van der Waals surface area contributed by atoms with Crippen molar-refractivity contribution in [3.8, 4) is 0 Å². The zero-order valence-corrected chi connectivity index (χ0v) is 13.6. The summed E-state index contributed by atoms with van der Waals surface area (Å²) in [6, 6.07) is 8.70. The van der Waals surface area contributed by atoms with Gasteiger partial charge in [-0.1, -0.05) is 24.3 Å². The molecule has 5 nitrogen and oxygen atoms in total. The summed E-state index contributed by atoms with van der Waals surface area (Å²) < 4.78 is 4.16. The van der Waals surface area contributed by atoms with E-state index in [0.29, 0.717) is 0 Å². The fourth-order valence-electron chi connectivity index (χ4n) is 2.64. The average Bonchev–Trinajstić information content (AvgIpc) is 2.94. The van der Waals surface area contributed by atoms with Crippen LogP contribution in [0.2, 0.25) is 0 Å². The second-order valence-corrected chi connectivity index (χ2v) is 6.58. The fraction of sp³-hybridized carbons (Fsp3) is 0.500. The van der Waals surface area contributed by atoms with Crippen LogP contribution in [0.4, 0.5) is 5.13 Å². The number of rotatable bonds is 5. The first kappa shape index (κ1) is 15.4. The summed E-state index contributed by atoms with van der Waals surface area (Å²) in [6.45, 7) is 5.61. The Bertz CT molecular complexity index is 590. The van der Waals surface area contributed by atoms with E-state index in [1.807, 2.05) is 6.92 Å². The lowest BCUT2D eigenvalue weighted by molar-refractivity contribution is 0.0792. The van der Waals surface area contributed by atoms with E-state index in [0.717, 1.165) is 50.0 Å². The maximum absolute atomic E-state index is 9.54. The Morgan fingerprint density at radius 1 is 1.23 bits per heavy atom. The van der Waals surface area contributed by atoms with E-state index >= 15 is 0 Å². The number of anilines is 1. The van der Waals surface area contributed by atoms with Gasteiger partial charge in [0, 0.05) is 37.7 Å². The van der Waals surface area contributed by atoms with Gasteiger partial charge in [-0.05, 0) is 30.9 Å². The molecule has 0 bridgehead atoms. The molecule has 1 aliphatic rings. The van der Waals surface area contributed by atoms with Gasteiger partial charge >= 0.3 is 0 Å². The molecule has 6 heteroatoms. The quantitative estimate of drug-likeness (QED) is 0.886. The predicted molar refractivity (Wildman–Crippen MR) is 88.9 cm³/mol. The standard InChI is InChI=1S/C16H22N4OS/c1-12-18-16(22-19-12)17-10-13-2-4-14(5-3-13)11-20-8-6-15(21)7-9-20/h2-5,15,21H,6-11H2,1H3,(H,17,18,19). The zero-order valence-electron chi connectivity index (χ0n) is 12.8. The molecule has 0 aliphatic carbocycles. The smallest absolute Gasteiger partial charge is 0.202 e. The normalized spacial score (nSPS) is 16.8. The number of aromatic nitrogens is 2. The van der Waals surface area contributed by atoms with Crippen LogP contribution in [0.1, 0.15) is 29.8 Å². The number of aliphatic hydroxyl groups is 1. The first-order valence-electron chi connectivity index (χ1n) is 7.71. The van der Waals surface area contributed by atoms with Crippen LogP contribution < -0.4 is 5.32 Å². The number of hydrogen-bond donors (Lipinski definition) is 2. The topological polar surface area (TPSA) is 61.3 Å². The predicted octanol–water partition coefficient (Wildman–Crippen LogP) is 2.42. The van der Waals surface area contributed by atoms with Crippen LogP contribution in [-0.4, -0.2) is 38.6 Å². The van der Waals surface area contributed by atoms with Crippen molar-refractivity contribution in [3.63, 3.8) is 0 Å². The number of benzene rings is 1. The second-order valence-electron chi connectivity index (χ2n) is 5.82. The number of nitrogens with one attached hydrogen (secondary N) is 1. The van der Waals surface area contributed by atoms with Crippen molar-refractivity contribution in [2.24, 2.45) is 0 Å². The fourth-order valence-corrected chi connectivity index (χ4v) is 3.21. The molecule has 1 saturated heterocycles. The third-order valence-corrected chi connectivity index (χ3v) is 4.72. The molecule has 1 fully saturated rings.